The number of anilines is 2. The molecule has 0 aromatic heterocycles. The summed E-state index contributed by atoms with van der Waals surface area (Å²) in [6, 6.07) is 13.2. The summed E-state index contributed by atoms with van der Waals surface area (Å²) < 4.78 is 5.09. The molecule has 0 saturated carbocycles. The summed E-state index contributed by atoms with van der Waals surface area (Å²) in [5.41, 5.74) is 1.32. The summed E-state index contributed by atoms with van der Waals surface area (Å²) in [4.78, 5) is 52.5. The number of amides is 4. The van der Waals surface area contributed by atoms with E-state index in [2.05, 4.69) is 0 Å². The van der Waals surface area contributed by atoms with Gasteiger partial charge in [0.15, 0.2) is 0 Å². The van der Waals surface area contributed by atoms with E-state index in [1.165, 1.54) is 14.0 Å². The van der Waals surface area contributed by atoms with Crippen LogP contribution in [-0.4, -0.2) is 30.1 Å². The standard InChI is InChI=1S/C20H14N2O5S/c1-11(23)21-15-6-4-3-5-14(15)16(18(21)24)17-19(25)22(20(26)28-17)12-7-9-13(27-2)10-8-12/h3-10H,1-2H3/b17-16-. The Bertz CT molecular complexity index is 1070. The van der Waals surface area contributed by atoms with Crippen molar-refractivity contribution in [3.8, 4) is 5.75 Å². The minimum atomic E-state index is -0.603. The van der Waals surface area contributed by atoms with Gasteiger partial charge in [-0.15, -0.1) is 0 Å². The van der Waals surface area contributed by atoms with Crippen molar-refractivity contribution in [2.45, 2.75) is 6.92 Å². The third-order valence-corrected chi connectivity index (χ3v) is 5.41. The fraction of sp³-hybridized carbons (Fsp3) is 0.100. The second kappa shape index (κ2) is 6.65. The van der Waals surface area contributed by atoms with E-state index in [9.17, 15) is 19.2 Å². The largest absolute Gasteiger partial charge is 0.497 e. The third kappa shape index (κ3) is 2.61. The van der Waals surface area contributed by atoms with Gasteiger partial charge in [0.2, 0.25) is 5.91 Å². The fourth-order valence-corrected chi connectivity index (χ4v) is 4.15. The Morgan fingerprint density at radius 1 is 0.964 bits per heavy atom. The SMILES string of the molecule is COc1ccc(N2C(=O)S/C(=C3\C(=O)N(C(C)=O)c4ccccc43)C2=O)cc1. The maximum absolute atomic E-state index is 13.0. The molecule has 1 saturated heterocycles. The molecule has 0 spiro atoms. The molecule has 2 aromatic rings. The number of para-hydroxylation sites is 1. The first kappa shape index (κ1) is 18.0. The highest BCUT2D eigenvalue weighted by molar-refractivity contribution is 8.19. The second-order valence-electron chi connectivity index (χ2n) is 6.09. The van der Waals surface area contributed by atoms with E-state index in [0.717, 1.165) is 9.80 Å². The van der Waals surface area contributed by atoms with Crippen molar-refractivity contribution in [3.05, 3.63) is 59.0 Å². The molecule has 0 aliphatic carbocycles. The summed E-state index contributed by atoms with van der Waals surface area (Å²) in [6.07, 6.45) is 0. The first-order valence-electron chi connectivity index (χ1n) is 8.33. The average molecular weight is 394 g/mol. The smallest absolute Gasteiger partial charge is 0.298 e. The molecule has 1 fully saturated rings. The van der Waals surface area contributed by atoms with Gasteiger partial charge in [-0.3, -0.25) is 19.2 Å². The van der Waals surface area contributed by atoms with E-state index in [1.54, 1.807) is 48.5 Å². The third-order valence-electron chi connectivity index (χ3n) is 4.47. The van der Waals surface area contributed by atoms with Gasteiger partial charge in [0.25, 0.3) is 17.1 Å². The van der Waals surface area contributed by atoms with Crippen LogP contribution in [0, 0.1) is 0 Å². The molecule has 0 bridgehead atoms. The number of ether oxygens (including phenoxy) is 1. The predicted molar refractivity (Wildman–Crippen MR) is 105 cm³/mol. The van der Waals surface area contributed by atoms with Crippen molar-refractivity contribution in [1.29, 1.82) is 0 Å². The molecule has 2 aliphatic heterocycles. The highest BCUT2D eigenvalue weighted by Crippen LogP contribution is 2.45. The lowest BCUT2D eigenvalue weighted by molar-refractivity contribution is -0.122. The zero-order chi connectivity index (χ0) is 20.0. The molecule has 140 valence electrons. The Labute approximate surface area is 164 Å². The van der Waals surface area contributed by atoms with Crippen LogP contribution in [0.3, 0.4) is 0 Å². The van der Waals surface area contributed by atoms with E-state index in [-0.39, 0.29) is 10.5 Å². The molecule has 0 N–H and O–H groups in total. The number of benzene rings is 2. The molecule has 4 rings (SSSR count). The number of carbonyl (C=O) groups is 4. The van der Waals surface area contributed by atoms with Crippen LogP contribution in [0.4, 0.5) is 16.2 Å². The van der Waals surface area contributed by atoms with Crippen LogP contribution in [0.25, 0.3) is 5.57 Å². The normalized spacial score (nSPS) is 18.7. The number of imide groups is 2. The first-order valence-corrected chi connectivity index (χ1v) is 9.14. The molecule has 2 aromatic carbocycles. The van der Waals surface area contributed by atoms with Gasteiger partial charge < -0.3 is 4.74 Å². The maximum Gasteiger partial charge on any atom is 0.298 e. The van der Waals surface area contributed by atoms with E-state index < -0.39 is 23.0 Å². The highest BCUT2D eigenvalue weighted by Gasteiger charge is 2.44. The summed E-state index contributed by atoms with van der Waals surface area (Å²) >= 11 is 0.692. The lowest BCUT2D eigenvalue weighted by Gasteiger charge is -2.13. The van der Waals surface area contributed by atoms with Gasteiger partial charge >= 0.3 is 0 Å². The predicted octanol–water partition coefficient (Wildman–Crippen LogP) is 3.20. The zero-order valence-electron chi connectivity index (χ0n) is 15.0. The Kier molecular flexibility index (Phi) is 4.27. The van der Waals surface area contributed by atoms with Gasteiger partial charge in [0.05, 0.1) is 29.0 Å². The Morgan fingerprint density at radius 3 is 2.29 bits per heavy atom. The van der Waals surface area contributed by atoms with Gasteiger partial charge in [-0.05, 0) is 42.1 Å². The molecule has 7 nitrogen and oxygen atoms in total. The van der Waals surface area contributed by atoms with Gasteiger partial charge in [-0.25, -0.2) is 9.80 Å². The number of rotatable bonds is 2. The number of hydrogen-bond acceptors (Lipinski definition) is 6. The number of hydrogen-bond donors (Lipinski definition) is 0. The van der Waals surface area contributed by atoms with Crippen molar-refractivity contribution in [2.24, 2.45) is 0 Å². The lowest BCUT2D eigenvalue weighted by atomic mass is 10.1. The quantitative estimate of drug-likeness (QED) is 0.728. The molecule has 0 unspecified atom stereocenters. The van der Waals surface area contributed by atoms with Crippen LogP contribution in [-0.2, 0) is 14.4 Å². The molecule has 2 heterocycles. The first-order chi connectivity index (χ1) is 13.4. The number of nitrogens with zero attached hydrogens (tertiary/aromatic N) is 2. The summed E-state index contributed by atoms with van der Waals surface area (Å²) in [5, 5.41) is -0.510. The summed E-state index contributed by atoms with van der Waals surface area (Å²) in [5.74, 6) is -1.06. The highest BCUT2D eigenvalue weighted by atomic mass is 32.2. The molecule has 8 heteroatoms. The molecule has 28 heavy (non-hydrogen) atoms. The van der Waals surface area contributed by atoms with Crippen molar-refractivity contribution in [2.75, 3.05) is 16.9 Å². The summed E-state index contributed by atoms with van der Waals surface area (Å²) in [6.45, 7) is 1.28. The van der Waals surface area contributed by atoms with Crippen LogP contribution in [0.2, 0.25) is 0 Å². The monoisotopic (exact) mass is 394 g/mol. The van der Waals surface area contributed by atoms with Crippen molar-refractivity contribution < 1.29 is 23.9 Å². The van der Waals surface area contributed by atoms with Crippen molar-refractivity contribution in [3.63, 3.8) is 0 Å². The zero-order valence-corrected chi connectivity index (χ0v) is 15.8. The number of methoxy groups -OCH3 is 1. The topological polar surface area (TPSA) is 84.0 Å². The lowest BCUT2D eigenvalue weighted by Crippen LogP contribution is -2.32. The minimum absolute atomic E-state index is 0.0158. The Hall–Kier alpha value is -3.39. The number of thioether (sulfide) groups is 1. The molecule has 0 radical (unpaired) electrons. The number of carbonyl (C=O) groups excluding carboxylic acids is 4. The van der Waals surface area contributed by atoms with Crippen LogP contribution < -0.4 is 14.5 Å². The molecular formula is C20H14N2O5S. The second-order valence-corrected chi connectivity index (χ2v) is 7.05. The van der Waals surface area contributed by atoms with Crippen LogP contribution in [0.15, 0.2) is 53.4 Å². The van der Waals surface area contributed by atoms with Crippen molar-refractivity contribution >= 4 is 51.7 Å². The molecule has 4 amide bonds. The molecule has 0 atom stereocenters. The molecular weight excluding hydrogens is 380 g/mol. The minimum Gasteiger partial charge on any atom is -0.497 e. The van der Waals surface area contributed by atoms with Crippen LogP contribution in [0.5, 0.6) is 5.75 Å². The van der Waals surface area contributed by atoms with Crippen molar-refractivity contribution in [1.82, 2.24) is 0 Å². The van der Waals surface area contributed by atoms with E-state index in [1.807, 2.05) is 0 Å². The van der Waals surface area contributed by atoms with E-state index in [0.29, 0.717) is 34.4 Å². The summed E-state index contributed by atoms with van der Waals surface area (Å²) in [7, 11) is 1.52. The van der Waals surface area contributed by atoms with Gasteiger partial charge in [0, 0.05) is 12.5 Å². The van der Waals surface area contributed by atoms with Gasteiger partial charge in [-0.2, -0.15) is 0 Å². The fourth-order valence-electron chi connectivity index (χ4n) is 3.22. The maximum atomic E-state index is 13.0. The average Bonchev–Trinajstić information content (AvgIpc) is 3.14. The van der Waals surface area contributed by atoms with Gasteiger partial charge in [0.1, 0.15) is 5.75 Å². The Morgan fingerprint density at radius 2 is 1.64 bits per heavy atom. The van der Waals surface area contributed by atoms with Crippen LogP contribution in [0.1, 0.15) is 12.5 Å². The Balaban J connectivity index is 1.82. The molecule has 2 aliphatic rings. The van der Waals surface area contributed by atoms with Gasteiger partial charge in [-0.1, -0.05) is 18.2 Å². The number of fused-ring (bicyclic) bond motifs is 1. The van der Waals surface area contributed by atoms with E-state index in [4.69, 9.17) is 4.74 Å². The van der Waals surface area contributed by atoms with E-state index >= 15 is 0 Å². The van der Waals surface area contributed by atoms with Crippen LogP contribution >= 0.6 is 11.8 Å².